The standard InChI is InChI=1S/C14H11BrO3/c15-12-5-3-11-9-13(6-4-10(11)8-12)18-7-1-2-14(16)17/h1-6,8-9H,7H2,(H,16,17)/b2-1+. The van der Waals surface area contributed by atoms with Gasteiger partial charge < -0.3 is 9.84 Å². The Morgan fingerprint density at radius 2 is 1.94 bits per heavy atom. The molecule has 0 saturated carbocycles. The minimum atomic E-state index is -0.970. The van der Waals surface area contributed by atoms with Crippen LogP contribution in [-0.4, -0.2) is 17.7 Å². The van der Waals surface area contributed by atoms with Crippen molar-refractivity contribution in [2.45, 2.75) is 0 Å². The van der Waals surface area contributed by atoms with Gasteiger partial charge in [-0.1, -0.05) is 28.1 Å². The zero-order valence-corrected chi connectivity index (χ0v) is 11.1. The smallest absolute Gasteiger partial charge is 0.328 e. The lowest BCUT2D eigenvalue weighted by Gasteiger charge is -2.05. The maximum atomic E-state index is 10.3. The summed E-state index contributed by atoms with van der Waals surface area (Å²) >= 11 is 3.42. The first-order valence-electron chi connectivity index (χ1n) is 5.37. The van der Waals surface area contributed by atoms with Crippen LogP contribution in [0.5, 0.6) is 5.75 Å². The predicted octanol–water partition coefficient (Wildman–Crippen LogP) is 3.62. The van der Waals surface area contributed by atoms with Crippen LogP contribution in [0.4, 0.5) is 0 Å². The van der Waals surface area contributed by atoms with Gasteiger partial charge >= 0.3 is 5.97 Å². The van der Waals surface area contributed by atoms with E-state index < -0.39 is 5.97 Å². The average molecular weight is 307 g/mol. The third-order valence-corrected chi connectivity index (χ3v) is 2.87. The van der Waals surface area contributed by atoms with Gasteiger partial charge in [0.1, 0.15) is 12.4 Å². The number of hydrogen-bond acceptors (Lipinski definition) is 2. The molecule has 92 valence electrons. The lowest BCUT2D eigenvalue weighted by molar-refractivity contribution is -0.131. The van der Waals surface area contributed by atoms with Crippen LogP contribution in [-0.2, 0) is 4.79 Å². The Labute approximate surface area is 113 Å². The van der Waals surface area contributed by atoms with Gasteiger partial charge in [0.25, 0.3) is 0 Å². The van der Waals surface area contributed by atoms with Crippen molar-refractivity contribution >= 4 is 32.7 Å². The van der Waals surface area contributed by atoms with E-state index in [2.05, 4.69) is 15.9 Å². The maximum absolute atomic E-state index is 10.3. The van der Waals surface area contributed by atoms with Gasteiger partial charge in [-0.3, -0.25) is 0 Å². The second kappa shape index (κ2) is 5.69. The highest BCUT2D eigenvalue weighted by molar-refractivity contribution is 9.10. The summed E-state index contributed by atoms with van der Waals surface area (Å²) in [6.45, 7) is 0.244. The number of benzene rings is 2. The van der Waals surface area contributed by atoms with E-state index in [1.807, 2.05) is 36.4 Å². The molecule has 0 aliphatic carbocycles. The summed E-state index contributed by atoms with van der Waals surface area (Å²) in [6, 6.07) is 11.8. The van der Waals surface area contributed by atoms with Crippen LogP contribution < -0.4 is 4.74 Å². The number of aliphatic carboxylic acids is 1. The summed E-state index contributed by atoms with van der Waals surface area (Å²) < 4.78 is 6.47. The van der Waals surface area contributed by atoms with E-state index in [4.69, 9.17) is 9.84 Å². The fourth-order valence-electron chi connectivity index (χ4n) is 1.58. The molecule has 0 radical (unpaired) electrons. The number of carboxylic acids is 1. The monoisotopic (exact) mass is 306 g/mol. The van der Waals surface area contributed by atoms with Gasteiger partial charge in [0.05, 0.1) is 0 Å². The van der Waals surface area contributed by atoms with Crippen molar-refractivity contribution in [3.63, 3.8) is 0 Å². The Hall–Kier alpha value is -1.81. The molecular weight excluding hydrogens is 296 g/mol. The zero-order valence-electron chi connectivity index (χ0n) is 9.47. The Kier molecular flexibility index (Phi) is 3.99. The van der Waals surface area contributed by atoms with Crippen LogP contribution in [0.2, 0.25) is 0 Å². The number of rotatable bonds is 4. The molecule has 0 spiro atoms. The van der Waals surface area contributed by atoms with E-state index in [0.29, 0.717) is 0 Å². The molecule has 3 nitrogen and oxygen atoms in total. The van der Waals surface area contributed by atoms with Crippen LogP contribution >= 0.6 is 15.9 Å². The van der Waals surface area contributed by atoms with E-state index in [9.17, 15) is 4.79 Å². The van der Waals surface area contributed by atoms with Crippen molar-refractivity contribution in [2.75, 3.05) is 6.61 Å². The zero-order chi connectivity index (χ0) is 13.0. The lowest BCUT2D eigenvalue weighted by atomic mass is 10.1. The predicted molar refractivity (Wildman–Crippen MR) is 73.9 cm³/mol. The summed E-state index contributed by atoms with van der Waals surface area (Å²) in [6.07, 6.45) is 2.53. The number of carboxylic acid groups (broad SMARTS) is 1. The van der Waals surface area contributed by atoms with Crippen LogP contribution in [0, 0.1) is 0 Å². The van der Waals surface area contributed by atoms with E-state index in [1.165, 1.54) is 6.08 Å². The normalized spacial score (nSPS) is 10.9. The molecule has 2 aromatic rings. The van der Waals surface area contributed by atoms with Gasteiger partial charge in [-0.2, -0.15) is 0 Å². The minimum absolute atomic E-state index is 0.244. The first kappa shape index (κ1) is 12.6. The summed E-state index contributed by atoms with van der Waals surface area (Å²) in [4.78, 5) is 10.3. The lowest BCUT2D eigenvalue weighted by Crippen LogP contribution is -1.95. The van der Waals surface area contributed by atoms with Crippen molar-refractivity contribution in [1.29, 1.82) is 0 Å². The van der Waals surface area contributed by atoms with Crippen molar-refractivity contribution < 1.29 is 14.6 Å². The van der Waals surface area contributed by atoms with Gasteiger partial charge in [-0.05, 0) is 41.1 Å². The molecule has 0 bridgehead atoms. The summed E-state index contributed by atoms with van der Waals surface area (Å²) in [5.41, 5.74) is 0. The van der Waals surface area contributed by atoms with E-state index >= 15 is 0 Å². The Morgan fingerprint density at radius 3 is 2.72 bits per heavy atom. The molecule has 0 heterocycles. The number of carbonyl (C=O) groups is 1. The molecule has 4 heteroatoms. The van der Waals surface area contributed by atoms with Crippen LogP contribution in [0.25, 0.3) is 10.8 Å². The SMILES string of the molecule is O=C(O)/C=C/COc1ccc2cc(Br)ccc2c1. The molecule has 0 aliphatic rings. The summed E-state index contributed by atoms with van der Waals surface area (Å²) in [5, 5.41) is 10.6. The average Bonchev–Trinajstić information content (AvgIpc) is 2.34. The molecule has 2 aromatic carbocycles. The fourth-order valence-corrected chi connectivity index (χ4v) is 1.96. The maximum Gasteiger partial charge on any atom is 0.328 e. The number of fused-ring (bicyclic) bond motifs is 1. The fraction of sp³-hybridized carbons (Fsp3) is 0.0714. The molecule has 0 saturated heterocycles. The van der Waals surface area contributed by atoms with Crippen molar-refractivity contribution in [1.82, 2.24) is 0 Å². The largest absolute Gasteiger partial charge is 0.490 e. The van der Waals surface area contributed by atoms with Crippen LogP contribution in [0.1, 0.15) is 0 Å². The van der Waals surface area contributed by atoms with Crippen LogP contribution in [0.15, 0.2) is 53.0 Å². The van der Waals surface area contributed by atoms with Crippen molar-refractivity contribution in [2.24, 2.45) is 0 Å². The van der Waals surface area contributed by atoms with Gasteiger partial charge in [0, 0.05) is 10.5 Å². The van der Waals surface area contributed by atoms with Crippen molar-refractivity contribution in [3.8, 4) is 5.75 Å². The van der Waals surface area contributed by atoms with Crippen LogP contribution in [0.3, 0.4) is 0 Å². The summed E-state index contributed by atoms with van der Waals surface area (Å²) in [5.74, 6) is -0.248. The Morgan fingerprint density at radius 1 is 1.22 bits per heavy atom. The molecule has 0 unspecified atom stereocenters. The number of ether oxygens (including phenoxy) is 1. The highest BCUT2D eigenvalue weighted by Gasteiger charge is 1.98. The van der Waals surface area contributed by atoms with E-state index in [1.54, 1.807) is 0 Å². The highest BCUT2D eigenvalue weighted by Crippen LogP contribution is 2.24. The molecular formula is C14H11BrO3. The molecule has 18 heavy (non-hydrogen) atoms. The Bertz CT molecular complexity index is 605. The third kappa shape index (κ3) is 3.34. The topological polar surface area (TPSA) is 46.5 Å². The highest BCUT2D eigenvalue weighted by atomic mass is 79.9. The van der Waals surface area contributed by atoms with Crippen molar-refractivity contribution in [3.05, 3.63) is 53.0 Å². The second-order valence-corrected chi connectivity index (χ2v) is 4.62. The number of hydrogen-bond donors (Lipinski definition) is 1. The van der Waals surface area contributed by atoms with E-state index in [-0.39, 0.29) is 6.61 Å². The van der Waals surface area contributed by atoms with E-state index in [0.717, 1.165) is 27.1 Å². The van der Waals surface area contributed by atoms with Gasteiger partial charge in [0.2, 0.25) is 0 Å². The quantitative estimate of drug-likeness (QED) is 0.878. The molecule has 0 aliphatic heterocycles. The molecule has 0 aromatic heterocycles. The first-order valence-corrected chi connectivity index (χ1v) is 6.16. The molecule has 0 atom stereocenters. The third-order valence-electron chi connectivity index (χ3n) is 2.38. The summed E-state index contributed by atoms with van der Waals surface area (Å²) in [7, 11) is 0. The number of halogens is 1. The second-order valence-electron chi connectivity index (χ2n) is 3.70. The van der Waals surface area contributed by atoms with Gasteiger partial charge in [0.15, 0.2) is 0 Å². The van der Waals surface area contributed by atoms with Gasteiger partial charge in [-0.15, -0.1) is 0 Å². The van der Waals surface area contributed by atoms with Gasteiger partial charge in [-0.25, -0.2) is 4.79 Å². The minimum Gasteiger partial charge on any atom is -0.490 e. The molecule has 0 fully saturated rings. The molecule has 0 amide bonds. The molecule has 1 N–H and O–H groups in total. The first-order chi connectivity index (χ1) is 8.65. The molecule has 2 rings (SSSR count). The Balaban J connectivity index is 2.10.